The molecule has 0 bridgehead atoms. The lowest BCUT2D eigenvalue weighted by molar-refractivity contribution is 0.631. The number of anilines is 1. The Balaban J connectivity index is 1.79. The largest absolute Gasteiger partial charge is 0.361 e. The van der Waals surface area contributed by atoms with Crippen LogP contribution in [0.3, 0.4) is 0 Å². The van der Waals surface area contributed by atoms with Crippen LogP contribution in [-0.4, -0.2) is 23.0 Å². The second-order valence-electron chi connectivity index (χ2n) is 3.61. The highest BCUT2D eigenvalue weighted by Crippen LogP contribution is 2.24. The summed E-state index contributed by atoms with van der Waals surface area (Å²) in [5, 5.41) is 6.68. The van der Waals surface area contributed by atoms with E-state index < -0.39 is 0 Å². The Morgan fingerprint density at radius 2 is 2.57 bits per heavy atom. The van der Waals surface area contributed by atoms with Crippen molar-refractivity contribution in [1.82, 2.24) is 4.98 Å². The third-order valence-corrected chi connectivity index (χ3v) is 4.56. The molecule has 1 fully saturated rings. The smallest absolute Gasteiger partial charge is 0.182 e. The third-order valence-electron chi connectivity index (χ3n) is 2.48. The van der Waals surface area contributed by atoms with Crippen molar-refractivity contribution >= 4 is 28.2 Å². The molecular formula is C10H16N2S2. The second kappa shape index (κ2) is 5.03. The van der Waals surface area contributed by atoms with Gasteiger partial charge in [-0.1, -0.05) is 6.92 Å². The van der Waals surface area contributed by atoms with Crippen molar-refractivity contribution in [1.29, 1.82) is 0 Å². The van der Waals surface area contributed by atoms with Crippen LogP contribution in [0.2, 0.25) is 0 Å². The molecule has 1 atom stereocenters. The molecule has 0 saturated carbocycles. The number of thiazole rings is 1. The number of nitrogens with zero attached hydrogens (tertiary/aromatic N) is 1. The predicted molar refractivity (Wildman–Crippen MR) is 65.4 cm³/mol. The lowest BCUT2D eigenvalue weighted by Crippen LogP contribution is -2.13. The van der Waals surface area contributed by atoms with Gasteiger partial charge in [0.1, 0.15) is 0 Å². The zero-order valence-electron chi connectivity index (χ0n) is 8.45. The molecule has 0 amide bonds. The van der Waals surface area contributed by atoms with Gasteiger partial charge < -0.3 is 5.32 Å². The number of nitrogens with one attached hydrogen (secondary N) is 1. The fourth-order valence-electron chi connectivity index (χ4n) is 1.53. The van der Waals surface area contributed by atoms with Crippen LogP contribution in [0.25, 0.3) is 0 Å². The number of hydrogen-bond acceptors (Lipinski definition) is 4. The number of thioether (sulfide) groups is 1. The number of aryl methyl sites for hydroxylation is 1. The zero-order chi connectivity index (χ0) is 9.80. The molecule has 1 N–H and O–H groups in total. The second-order valence-corrected chi connectivity index (χ2v) is 5.62. The molecule has 1 aromatic rings. The maximum Gasteiger partial charge on any atom is 0.182 e. The summed E-state index contributed by atoms with van der Waals surface area (Å²) in [5.41, 5.74) is 1.21. The monoisotopic (exact) mass is 228 g/mol. The van der Waals surface area contributed by atoms with Crippen LogP contribution in [0.1, 0.15) is 19.0 Å². The average Bonchev–Trinajstić information content (AvgIpc) is 2.86. The minimum atomic E-state index is 0.856. The summed E-state index contributed by atoms with van der Waals surface area (Å²) in [6, 6.07) is 0. The first-order valence-corrected chi connectivity index (χ1v) is 7.18. The van der Waals surface area contributed by atoms with E-state index in [1.165, 1.54) is 23.6 Å². The van der Waals surface area contributed by atoms with Gasteiger partial charge in [0, 0.05) is 11.9 Å². The molecule has 78 valence electrons. The highest BCUT2D eigenvalue weighted by atomic mass is 32.2. The normalized spacial score (nSPS) is 21.4. The van der Waals surface area contributed by atoms with E-state index in [1.54, 1.807) is 11.3 Å². The van der Waals surface area contributed by atoms with E-state index >= 15 is 0 Å². The Kier molecular flexibility index (Phi) is 3.70. The summed E-state index contributed by atoms with van der Waals surface area (Å²) >= 11 is 3.80. The standard InChI is InChI=1S/C10H16N2S2/c1-2-9-7-14-10(12-9)11-5-8-3-4-13-6-8/h7-8H,2-6H2,1H3,(H,11,12). The summed E-state index contributed by atoms with van der Waals surface area (Å²) in [5.74, 6) is 3.51. The molecule has 2 rings (SSSR count). The molecule has 0 aliphatic carbocycles. The minimum absolute atomic E-state index is 0.856. The lowest BCUT2D eigenvalue weighted by atomic mass is 10.1. The van der Waals surface area contributed by atoms with Crippen LogP contribution in [0, 0.1) is 5.92 Å². The zero-order valence-corrected chi connectivity index (χ0v) is 10.1. The van der Waals surface area contributed by atoms with E-state index in [9.17, 15) is 0 Å². The van der Waals surface area contributed by atoms with Crippen molar-refractivity contribution in [2.75, 3.05) is 23.4 Å². The third kappa shape index (κ3) is 2.64. The van der Waals surface area contributed by atoms with Crippen LogP contribution < -0.4 is 5.32 Å². The Hall–Kier alpha value is -0.220. The van der Waals surface area contributed by atoms with Crippen LogP contribution in [0.4, 0.5) is 5.13 Å². The van der Waals surface area contributed by atoms with Gasteiger partial charge in [0.25, 0.3) is 0 Å². The molecule has 14 heavy (non-hydrogen) atoms. The Morgan fingerprint density at radius 1 is 1.64 bits per heavy atom. The van der Waals surface area contributed by atoms with Gasteiger partial charge in [-0.05, 0) is 30.3 Å². The van der Waals surface area contributed by atoms with Crippen molar-refractivity contribution in [2.45, 2.75) is 19.8 Å². The number of aromatic nitrogens is 1. The van der Waals surface area contributed by atoms with Crippen molar-refractivity contribution in [3.05, 3.63) is 11.1 Å². The van der Waals surface area contributed by atoms with Crippen molar-refractivity contribution in [2.24, 2.45) is 5.92 Å². The first-order valence-electron chi connectivity index (χ1n) is 5.14. The molecule has 1 unspecified atom stereocenters. The van der Waals surface area contributed by atoms with Gasteiger partial charge in [0.2, 0.25) is 0 Å². The summed E-state index contributed by atoms with van der Waals surface area (Å²) in [6.07, 6.45) is 2.40. The maximum atomic E-state index is 4.49. The first-order chi connectivity index (χ1) is 6.88. The number of hydrogen-bond donors (Lipinski definition) is 1. The highest BCUT2D eigenvalue weighted by molar-refractivity contribution is 7.99. The molecular weight excluding hydrogens is 212 g/mol. The van der Waals surface area contributed by atoms with Gasteiger partial charge in [-0.3, -0.25) is 0 Å². The molecule has 2 nitrogen and oxygen atoms in total. The Morgan fingerprint density at radius 3 is 3.21 bits per heavy atom. The van der Waals surface area contributed by atoms with Gasteiger partial charge in [0.15, 0.2) is 5.13 Å². The molecule has 0 spiro atoms. The topological polar surface area (TPSA) is 24.9 Å². The summed E-state index contributed by atoms with van der Waals surface area (Å²) in [6.45, 7) is 3.25. The van der Waals surface area contributed by atoms with E-state index in [1.807, 2.05) is 0 Å². The van der Waals surface area contributed by atoms with Crippen LogP contribution in [0.15, 0.2) is 5.38 Å². The lowest BCUT2D eigenvalue weighted by Gasteiger charge is -2.07. The summed E-state index contributed by atoms with van der Waals surface area (Å²) in [7, 11) is 0. The van der Waals surface area contributed by atoms with Crippen molar-refractivity contribution in [3.63, 3.8) is 0 Å². The molecule has 1 aromatic heterocycles. The highest BCUT2D eigenvalue weighted by Gasteiger charge is 2.15. The first kappa shape index (κ1) is 10.3. The molecule has 1 aliphatic rings. The van der Waals surface area contributed by atoms with Gasteiger partial charge in [-0.15, -0.1) is 11.3 Å². The van der Waals surface area contributed by atoms with Crippen LogP contribution in [-0.2, 0) is 6.42 Å². The molecule has 1 aliphatic heterocycles. The average molecular weight is 228 g/mol. The van der Waals surface area contributed by atoms with E-state index in [0.717, 1.165) is 24.0 Å². The number of rotatable bonds is 4. The molecule has 0 radical (unpaired) electrons. The van der Waals surface area contributed by atoms with Gasteiger partial charge in [-0.2, -0.15) is 11.8 Å². The SMILES string of the molecule is CCc1csc(NCC2CCSC2)n1. The van der Waals surface area contributed by atoms with Crippen LogP contribution >= 0.6 is 23.1 Å². The summed E-state index contributed by atoms with van der Waals surface area (Å²) in [4.78, 5) is 4.49. The van der Waals surface area contributed by atoms with E-state index in [-0.39, 0.29) is 0 Å². The fourth-order valence-corrected chi connectivity index (χ4v) is 3.61. The summed E-state index contributed by atoms with van der Waals surface area (Å²) < 4.78 is 0. The van der Waals surface area contributed by atoms with Gasteiger partial charge in [-0.25, -0.2) is 4.98 Å². The van der Waals surface area contributed by atoms with Crippen molar-refractivity contribution < 1.29 is 0 Å². The predicted octanol–water partition coefficient (Wildman–Crippen LogP) is 2.87. The molecule has 2 heterocycles. The van der Waals surface area contributed by atoms with Crippen molar-refractivity contribution in [3.8, 4) is 0 Å². The van der Waals surface area contributed by atoms with E-state index in [2.05, 4.69) is 34.4 Å². The van der Waals surface area contributed by atoms with E-state index in [4.69, 9.17) is 0 Å². The fraction of sp³-hybridized carbons (Fsp3) is 0.700. The van der Waals surface area contributed by atoms with E-state index in [0.29, 0.717) is 0 Å². The molecule has 1 saturated heterocycles. The van der Waals surface area contributed by atoms with Gasteiger partial charge >= 0.3 is 0 Å². The molecule has 4 heteroatoms. The molecule has 0 aromatic carbocycles. The Labute approximate surface area is 93.5 Å². The van der Waals surface area contributed by atoms with Gasteiger partial charge in [0.05, 0.1) is 5.69 Å². The maximum absolute atomic E-state index is 4.49. The van der Waals surface area contributed by atoms with Crippen LogP contribution in [0.5, 0.6) is 0 Å². The quantitative estimate of drug-likeness (QED) is 0.858. The Bertz CT molecular complexity index is 279. The minimum Gasteiger partial charge on any atom is -0.361 e.